The summed E-state index contributed by atoms with van der Waals surface area (Å²) in [4.78, 5) is 2.29. The van der Waals surface area contributed by atoms with E-state index in [0.717, 1.165) is 58.9 Å². The van der Waals surface area contributed by atoms with Crippen LogP contribution in [0.5, 0.6) is 0 Å². The quantitative estimate of drug-likeness (QED) is 0.508. The van der Waals surface area contributed by atoms with Gasteiger partial charge in [0, 0.05) is 58.9 Å². The molecule has 1 fully saturated rings. The summed E-state index contributed by atoms with van der Waals surface area (Å²) in [6, 6.07) is 0. The molecule has 1 heterocycles. The van der Waals surface area contributed by atoms with Gasteiger partial charge in [-0.3, -0.25) is 4.90 Å². The van der Waals surface area contributed by atoms with E-state index in [0.29, 0.717) is 0 Å². The summed E-state index contributed by atoms with van der Waals surface area (Å²) in [7, 11) is 0. The standard InChI is InChI=1S/C10H24N4O.C2H6/c15-10-9-14-7-5-12-3-1-11-2-4-13-6-8-14;1-2/h11-13,15H,1-10H2;1-2H3. The lowest BCUT2D eigenvalue weighted by atomic mass is 10.4. The zero-order valence-corrected chi connectivity index (χ0v) is 11.5. The molecule has 0 amide bonds. The first-order valence-corrected chi connectivity index (χ1v) is 6.89. The van der Waals surface area contributed by atoms with E-state index in [4.69, 9.17) is 5.11 Å². The smallest absolute Gasteiger partial charge is 0.0558 e. The molecule has 0 aromatic heterocycles. The van der Waals surface area contributed by atoms with E-state index in [-0.39, 0.29) is 6.61 Å². The Balaban J connectivity index is 0.00000121. The average molecular weight is 246 g/mol. The minimum absolute atomic E-state index is 0.252. The molecular weight excluding hydrogens is 216 g/mol. The first-order chi connectivity index (χ1) is 8.43. The summed E-state index contributed by atoms with van der Waals surface area (Å²) in [5, 5.41) is 19.0. The van der Waals surface area contributed by atoms with Gasteiger partial charge in [-0.2, -0.15) is 0 Å². The molecule has 17 heavy (non-hydrogen) atoms. The lowest BCUT2D eigenvalue weighted by Gasteiger charge is -2.22. The largest absolute Gasteiger partial charge is 0.395 e. The van der Waals surface area contributed by atoms with Crippen LogP contribution < -0.4 is 16.0 Å². The Hall–Kier alpha value is -0.200. The Labute approximate surface area is 106 Å². The van der Waals surface area contributed by atoms with Crippen LogP contribution in [0.25, 0.3) is 0 Å². The van der Waals surface area contributed by atoms with Gasteiger partial charge in [0.2, 0.25) is 0 Å². The van der Waals surface area contributed by atoms with Crippen molar-refractivity contribution in [2.75, 3.05) is 65.5 Å². The van der Waals surface area contributed by atoms with Crippen molar-refractivity contribution >= 4 is 0 Å². The normalized spacial score (nSPS) is 20.6. The molecule has 1 aliphatic rings. The molecule has 0 unspecified atom stereocenters. The van der Waals surface area contributed by atoms with Crippen molar-refractivity contribution in [2.45, 2.75) is 13.8 Å². The fourth-order valence-electron chi connectivity index (χ4n) is 1.68. The van der Waals surface area contributed by atoms with Crippen LogP contribution in [0.15, 0.2) is 0 Å². The van der Waals surface area contributed by atoms with Gasteiger partial charge in [-0.25, -0.2) is 0 Å². The van der Waals surface area contributed by atoms with Crippen LogP contribution >= 0.6 is 0 Å². The monoisotopic (exact) mass is 246 g/mol. The predicted octanol–water partition coefficient (Wildman–Crippen LogP) is -0.911. The third kappa shape index (κ3) is 10.7. The molecule has 0 bridgehead atoms. The highest BCUT2D eigenvalue weighted by Gasteiger charge is 2.03. The van der Waals surface area contributed by atoms with Gasteiger partial charge in [-0.05, 0) is 0 Å². The SMILES string of the molecule is CC.OCCN1CCNCCNCCNCC1. The van der Waals surface area contributed by atoms with Crippen LogP contribution in [0.4, 0.5) is 0 Å². The van der Waals surface area contributed by atoms with Gasteiger partial charge in [0.05, 0.1) is 6.61 Å². The lowest BCUT2D eigenvalue weighted by molar-refractivity contribution is 0.196. The van der Waals surface area contributed by atoms with E-state index in [1.165, 1.54) is 0 Å². The molecule has 0 aromatic carbocycles. The molecule has 1 aliphatic heterocycles. The van der Waals surface area contributed by atoms with Crippen molar-refractivity contribution in [3.05, 3.63) is 0 Å². The zero-order valence-electron chi connectivity index (χ0n) is 11.5. The summed E-state index contributed by atoms with van der Waals surface area (Å²) in [5.74, 6) is 0. The number of hydrogen-bond donors (Lipinski definition) is 4. The third-order valence-corrected chi connectivity index (χ3v) is 2.58. The number of rotatable bonds is 2. The lowest BCUT2D eigenvalue weighted by Crippen LogP contribution is -2.42. The fourth-order valence-corrected chi connectivity index (χ4v) is 1.68. The summed E-state index contributed by atoms with van der Waals surface area (Å²) in [6.45, 7) is 13.2. The summed E-state index contributed by atoms with van der Waals surface area (Å²) >= 11 is 0. The maximum absolute atomic E-state index is 8.91. The van der Waals surface area contributed by atoms with Crippen LogP contribution in [0.3, 0.4) is 0 Å². The van der Waals surface area contributed by atoms with Crippen molar-refractivity contribution in [1.82, 2.24) is 20.9 Å². The van der Waals surface area contributed by atoms with Gasteiger partial charge in [0.1, 0.15) is 0 Å². The van der Waals surface area contributed by atoms with Gasteiger partial charge in [0.25, 0.3) is 0 Å². The molecule has 0 saturated carbocycles. The van der Waals surface area contributed by atoms with Crippen molar-refractivity contribution in [1.29, 1.82) is 0 Å². The highest BCUT2D eigenvalue weighted by molar-refractivity contribution is 4.64. The van der Waals surface area contributed by atoms with E-state index in [1.807, 2.05) is 13.8 Å². The number of hydrogen-bond acceptors (Lipinski definition) is 5. The Bertz CT molecular complexity index is 134. The molecule has 1 saturated heterocycles. The number of β-amino-alcohol motifs (C(OH)–C–C–N with tert-alkyl or cyclic N) is 1. The highest BCUT2D eigenvalue weighted by atomic mass is 16.3. The van der Waals surface area contributed by atoms with Crippen LogP contribution in [0.1, 0.15) is 13.8 Å². The van der Waals surface area contributed by atoms with Gasteiger partial charge < -0.3 is 21.1 Å². The summed E-state index contributed by atoms with van der Waals surface area (Å²) < 4.78 is 0. The van der Waals surface area contributed by atoms with Crippen LogP contribution in [0.2, 0.25) is 0 Å². The maximum atomic E-state index is 8.91. The van der Waals surface area contributed by atoms with E-state index >= 15 is 0 Å². The molecule has 0 radical (unpaired) electrons. The molecule has 5 heteroatoms. The van der Waals surface area contributed by atoms with E-state index in [1.54, 1.807) is 0 Å². The van der Waals surface area contributed by atoms with Gasteiger partial charge >= 0.3 is 0 Å². The first-order valence-electron chi connectivity index (χ1n) is 6.89. The molecule has 4 N–H and O–H groups in total. The fraction of sp³-hybridized carbons (Fsp3) is 1.00. The van der Waals surface area contributed by atoms with E-state index < -0.39 is 0 Å². The number of nitrogens with zero attached hydrogens (tertiary/aromatic N) is 1. The van der Waals surface area contributed by atoms with Crippen LogP contribution in [0, 0.1) is 0 Å². The minimum Gasteiger partial charge on any atom is -0.395 e. The number of nitrogens with one attached hydrogen (secondary N) is 3. The highest BCUT2D eigenvalue weighted by Crippen LogP contribution is 1.85. The molecule has 0 spiro atoms. The average Bonchev–Trinajstić information content (AvgIpc) is 2.35. The maximum Gasteiger partial charge on any atom is 0.0558 e. The Kier molecular flexibility index (Phi) is 13.7. The Morgan fingerprint density at radius 1 is 0.824 bits per heavy atom. The molecule has 0 aliphatic carbocycles. The summed E-state index contributed by atoms with van der Waals surface area (Å²) in [6.07, 6.45) is 0. The molecule has 104 valence electrons. The van der Waals surface area contributed by atoms with Gasteiger partial charge in [-0.1, -0.05) is 13.8 Å². The second-order valence-electron chi connectivity index (χ2n) is 3.82. The number of aliphatic hydroxyl groups is 1. The van der Waals surface area contributed by atoms with E-state index in [2.05, 4.69) is 20.9 Å². The predicted molar refractivity (Wildman–Crippen MR) is 73.5 cm³/mol. The minimum atomic E-state index is 0.252. The van der Waals surface area contributed by atoms with Gasteiger partial charge in [0.15, 0.2) is 0 Å². The molecule has 0 aromatic rings. The van der Waals surface area contributed by atoms with Crippen molar-refractivity contribution in [3.63, 3.8) is 0 Å². The zero-order chi connectivity index (χ0) is 12.8. The Morgan fingerprint density at radius 3 is 1.65 bits per heavy atom. The second-order valence-corrected chi connectivity index (χ2v) is 3.82. The van der Waals surface area contributed by atoms with Crippen molar-refractivity contribution in [2.24, 2.45) is 0 Å². The second kappa shape index (κ2) is 13.9. The molecular formula is C12H30N4O. The van der Waals surface area contributed by atoms with E-state index in [9.17, 15) is 0 Å². The molecule has 1 rings (SSSR count). The van der Waals surface area contributed by atoms with Gasteiger partial charge in [-0.15, -0.1) is 0 Å². The molecule has 5 nitrogen and oxygen atoms in total. The summed E-state index contributed by atoms with van der Waals surface area (Å²) in [5.41, 5.74) is 0. The number of aliphatic hydroxyl groups excluding tert-OH is 1. The van der Waals surface area contributed by atoms with Crippen molar-refractivity contribution in [3.8, 4) is 0 Å². The Morgan fingerprint density at radius 2 is 1.24 bits per heavy atom. The van der Waals surface area contributed by atoms with Crippen LogP contribution in [-0.4, -0.2) is 75.5 Å². The molecule has 0 atom stereocenters. The third-order valence-electron chi connectivity index (χ3n) is 2.58. The topological polar surface area (TPSA) is 59.6 Å². The van der Waals surface area contributed by atoms with Crippen LogP contribution in [-0.2, 0) is 0 Å². The van der Waals surface area contributed by atoms with Crippen molar-refractivity contribution < 1.29 is 5.11 Å². The first kappa shape index (κ1) is 16.8.